The van der Waals surface area contributed by atoms with Crippen molar-refractivity contribution in [2.45, 2.75) is 13.0 Å². The Bertz CT molecular complexity index is 1180. The minimum Gasteiger partial charge on any atom is -0.408 e. The number of carbonyl (C=O) groups is 2. The Morgan fingerprint density at radius 2 is 1.81 bits per heavy atom. The molecule has 0 atom stereocenters. The van der Waals surface area contributed by atoms with E-state index in [-0.39, 0.29) is 24.6 Å². The SMILES string of the molecule is O=C(Cn1c(=O)oc2ccccc21)Nc1ccc(F)c(NC(=O)CCN2CCOCC2)c1. The van der Waals surface area contributed by atoms with Crippen LogP contribution in [0.2, 0.25) is 0 Å². The number of hydrogen-bond donors (Lipinski definition) is 2. The molecule has 32 heavy (non-hydrogen) atoms. The largest absolute Gasteiger partial charge is 0.420 e. The van der Waals surface area contributed by atoms with Crippen LogP contribution in [-0.2, 0) is 20.9 Å². The third-order valence-corrected chi connectivity index (χ3v) is 5.16. The summed E-state index contributed by atoms with van der Waals surface area (Å²) in [4.78, 5) is 38.8. The van der Waals surface area contributed by atoms with Gasteiger partial charge in [0.1, 0.15) is 12.4 Å². The van der Waals surface area contributed by atoms with E-state index >= 15 is 0 Å². The Kier molecular flexibility index (Phi) is 6.62. The third-order valence-electron chi connectivity index (χ3n) is 5.16. The number of oxazole rings is 1. The van der Waals surface area contributed by atoms with Gasteiger partial charge in [-0.25, -0.2) is 9.18 Å². The maximum absolute atomic E-state index is 14.2. The molecule has 0 unspecified atom stereocenters. The summed E-state index contributed by atoms with van der Waals surface area (Å²) in [7, 11) is 0. The highest BCUT2D eigenvalue weighted by Gasteiger charge is 2.15. The molecule has 10 heteroatoms. The summed E-state index contributed by atoms with van der Waals surface area (Å²) in [6, 6.07) is 10.7. The summed E-state index contributed by atoms with van der Waals surface area (Å²) >= 11 is 0. The first-order chi connectivity index (χ1) is 15.5. The second kappa shape index (κ2) is 9.75. The topological polar surface area (TPSA) is 106 Å². The number of nitrogens with one attached hydrogen (secondary N) is 2. The van der Waals surface area contributed by atoms with Crippen molar-refractivity contribution < 1.29 is 23.1 Å². The van der Waals surface area contributed by atoms with Crippen molar-refractivity contribution in [2.75, 3.05) is 43.5 Å². The molecule has 1 aliphatic rings. The van der Waals surface area contributed by atoms with Gasteiger partial charge in [-0.05, 0) is 30.3 Å². The monoisotopic (exact) mass is 442 g/mol. The van der Waals surface area contributed by atoms with Crippen LogP contribution in [0.4, 0.5) is 15.8 Å². The number of amides is 2. The van der Waals surface area contributed by atoms with Gasteiger partial charge in [0.05, 0.1) is 24.4 Å². The molecular weight excluding hydrogens is 419 g/mol. The number of fused-ring (bicyclic) bond motifs is 1. The third kappa shape index (κ3) is 5.21. The average Bonchev–Trinajstić information content (AvgIpc) is 3.10. The first kappa shape index (κ1) is 21.7. The van der Waals surface area contributed by atoms with E-state index < -0.39 is 17.5 Å². The normalized spacial score (nSPS) is 14.4. The van der Waals surface area contributed by atoms with E-state index in [2.05, 4.69) is 15.5 Å². The molecule has 2 heterocycles. The number of halogens is 1. The van der Waals surface area contributed by atoms with Gasteiger partial charge in [-0.1, -0.05) is 12.1 Å². The van der Waals surface area contributed by atoms with Crippen molar-refractivity contribution in [3.63, 3.8) is 0 Å². The van der Waals surface area contributed by atoms with E-state index in [4.69, 9.17) is 9.15 Å². The Morgan fingerprint density at radius 3 is 2.62 bits per heavy atom. The molecule has 168 valence electrons. The Balaban J connectivity index is 1.37. The van der Waals surface area contributed by atoms with Gasteiger partial charge in [0.25, 0.3) is 0 Å². The van der Waals surface area contributed by atoms with Crippen molar-refractivity contribution in [2.24, 2.45) is 0 Å². The predicted molar refractivity (Wildman–Crippen MR) is 116 cm³/mol. The molecule has 0 saturated carbocycles. The molecule has 1 fully saturated rings. The van der Waals surface area contributed by atoms with Gasteiger partial charge in [-0.2, -0.15) is 0 Å². The number of nitrogens with zero attached hydrogens (tertiary/aromatic N) is 2. The van der Waals surface area contributed by atoms with E-state index in [9.17, 15) is 18.8 Å². The number of carbonyl (C=O) groups excluding carboxylic acids is 2. The second-order valence-electron chi connectivity index (χ2n) is 7.42. The van der Waals surface area contributed by atoms with Crippen LogP contribution in [0.5, 0.6) is 0 Å². The highest BCUT2D eigenvalue weighted by atomic mass is 19.1. The lowest BCUT2D eigenvalue weighted by Crippen LogP contribution is -2.38. The Labute approximate surface area is 182 Å². The first-order valence-corrected chi connectivity index (χ1v) is 10.3. The zero-order valence-corrected chi connectivity index (χ0v) is 17.3. The van der Waals surface area contributed by atoms with E-state index in [0.717, 1.165) is 19.2 Å². The fourth-order valence-corrected chi connectivity index (χ4v) is 3.50. The van der Waals surface area contributed by atoms with E-state index in [1.54, 1.807) is 24.3 Å². The summed E-state index contributed by atoms with van der Waals surface area (Å²) in [6.07, 6.45) is 0.215. The van der Waals surface area contributed by atoms with Crippen molar-refractivity contribution in [1.82, 2.24) is 9.47 Å². The maximum atomic E-state index is 14.2. The van der Waals surface area contributed by atoms with Crippen LogP contribution < -0.4 is 16.4 Å². The maximum Gasteiger partial charge on any atom is 0.420 e. The van der Waals surface area contributed by atoms with Crippen LogP contribution >= 0.6 is 0 Å². The Hall–Kier alpha value is -3.50. The van der Waals surface area contributed by atoms with E-state index in [0.29, 0.717) is 36.5 Å². The predicted octanol–water partition coefficient (Wildman–Crippen LogP) is 2.03. The molecule has 1 aliphatic heterocycles. The number of hydrogen-bond acceptors (Lipinski definition) is 6. The van der Waals surface area contributed by atoms with Crippen molar-refractivity contribution in [1.29, 1.82) is 0 Å². The molecule has 0 spiro atoms. The minimum absolute atomic E-state index is 0.0271. The van der Waals surface area contributed by atoms with Gasteiger partial charge >= 0.3 is 5.76 Å². The molecule has 2 N–H and O–H groups in total. The zero-order chi connectivity index (χ0) is 22.5. The van der Waals surface area contributed by atoms with Gasteiger partial charge in [0, 0.05) is 31.7 Å². The quantitative estimate of drug-likeness (QED) is 0.580. The molecule has 0 aliphatic carbocycles. The van der Waals surface area contributed by atoms with E-state index in [1.165, 1.54) is 16.7 Å². The van der Waals surface area contributed by atoms with Crippen LogP contribution in [0.25, 0.3) is 11.1 Å². The fourth-order valence-electron chi connectivity index (χ4n) is 3.50. The molecule has 2 amide bonds. The summed E-state index contributed by atoms with van der Waals surface area (Å²) in [5.74, 6) is -2.07. The fraction of sp³-hybridized carbons (Fsp3) is 0.318. The number of ether oxygens (including phenoxy) is 1. The number of morpholine rings is 1. The molecular formula is C22H23FN4O5. The molecule has 2 aromatic carbocycles. The highest BCUT2D eigenvalue weighted by molar-refractivity contribution is 5.94. The van der Waals surface area contributed by atoms with Crippen LogP contribution in [-0.4, -0.2) is 54.1 Å². The summed E-state index contributed by atoms with van der Waals surface area (Å²) in [5, 5.41) is 5.17. The minimum atomic E-state index is -0.645. The zero-order valence-electron chi connectivity index (χ0n) is 17.3. The molecule has 1 aromatic heterocycles. The van der Waals surface area contributed by atoms with Crippen LogP contribution in [0, 0.1) is 5.82 Å². The lowest BCUT2D eigenvalue weighted by molar-refractivity contribution is -0.117. The van der Waals surface area contributed by atoms with Gasteiger partial charge in [0.15, 0.2) is 5.58 Å². The van der Waals surface area contributed by atoms with Crippen LogP contribution in [0.1, 0.15) is 6.42 Å². The smallest absolute Gasteiger partial charge is 0.408 e. The Morgan fingerprint density at radius 1 is 1.03 bits per heavy atom. The number of aromatic nitrogens is 1. The molecule has 3 aromatic rings. The van der Waals surface area contributed by atoms with Gasteiger partial charge in [-0.3, -0.25) is 19.1 Å². The van der Waals surface area contributed by atoms with Gasteiger partial charge < -0.3 is 19.8 Å². The summed E-state index contributed by atoms with van der Waals surface area (Å²) in [5.41, 5.74) is 1.15. The van der Waals surface area contributed by atoms with Gasteiger partial charge in [0.2, 0.25) is 11.8 Å². The van der Waals surface area contributed by atoms with Crippen LogP contribution in [0.15, 0.2) is 51.7 Å². The lowest BCUT2D eigenvalue weighted by Gasteiger charge is -2.26. The lowest BCUT2D eigenvalue weighted by atomic mass is 10.2. The number of rotatable bonds is 7. The number of para-hydroxylation sites is 2. The van der Waals surface area contributed by atoms with Crippen molar-refractivity contribution in [3.8, 4) is 0 Å². The summed E-state index contributed by atoms with van der Waals surface area (Å²) < 4.78 is 25.8. The second-order valence-corrected chi connectivity index (χ2v) is 7.42. The standard InChI is InChI=1S/C22H23FN4O5/c23-16-6-5-15(13-17(16)25-20(28)7-8-26-9-11-31-12-10-26)24-21(29)14-27-18-3-1-2-4-19(18)32-22(27)30/h1-6,13H,7-12,14H2,(H,24,29)(H,25,28). The number of benzene rings is 2. The van der Waals surface area contributed by atoms with Crippen molar-refractivity contribution in [3.05, 3.63) is 58.8 Å². The molecule has 0 bridgehead atoms. The molecule has 1 saturated heterocycles. The first-order valence-electron chi connectivity index (χ1n) is 10.3. The van der Waals surface area contributed by atoms with Gasteiger partial charge in [-0.15, -0.1) is 0 Å². The van der Waals surface area contributed by atoms with E-state index in [1.807, 2.05) is 0 Å². The molecule has 9 nitrogen and oxygen atoms in total. The molecule has 0 radical (unpaired) electrons. The summed E-state index contributed by atoms with van der Waals surface area (Å²) in [6.45, 7) is 3.09. The average molecular weight is 442 g/mol. The number of anilines is 2. The van der Waals surface area contributed by atoms with Crippen LogP contribution in [0.3, 0.4) is 0 Å². The highest BCUT2D eigenvalue weighted by Crippen LogP contribution is 2.20. The van der Waals surface area contributed by atoms with Crippen molar-refractivity contribution >= 4 is 34.3 Å². The molecule has 4 rings (SSSR count).